The first-order valence-corrected chi connectivity index (χ1v) is 10.0. The average molecular weight is 491 g/mol. The number of furan rings is 1. The molecule has 30 heavy (non-hydrogen) atoms. The van der Waals surface area contributed by atoms with Crippen LogP contribution >= 0.6 is 27.5 Å². The Labute approximate surface area is 186 Å². The van der Waals surface area contributed by atoms with Crippen molar-refractivity contribution in [2.75, 3.05) is 11.9 Å². The highest BCUT2D eigenvalue weighted by Crippen LogP contribution is 2.28. The lowest BCUT2D eigenvalue weighted by Crippen LogP contribution is -2.22. The number of halogens is 2. The van der Waals surface area contributed by atoms with Gasteiger partial charge in [0.1, 0.15) is 5.76 Å². The Morgan fingerprint density at radius 3 is 2.47 bits per heavy atom. The molecule has 154 valence electrons. The molecule has 3 aromatic rings. The number of esters is 1. The highest BCUT2D eigenvalue weighted by molar-refractivity contribution is 9.10. The summed E-state index contributed by atoms with van der Waals surface area (Å²) in [5, 5.41) is 2.93. The number of rotatable bonds is 6. The summed E-state index contributed by atoms with van der Waals surface area (Å²) in [5.41, 5.74) is 3.06. The van der Waals surface area contributed by atoms with Crippen molar-refractivity contribution >= 4 is 51.4 Å². The predicted octanol–water partition coefficient (Wildman–Crippen LogP) is 5.59. The summed E-state index contributed by atoms with van der Waals surface area (Å²) in [6, 6.07) is 11.5. The number of aryl methyl sites for hydroxylation is 2. The van der Waals surface area contributed by atoms with Gasteiger partial charge < -0.3 is 14.5 Å². The molecular weight excluding hydrogens is 474 g/mol. The molecule has 0 saturated heterocycles. The van der Waals surface area contributed by atoms with Crippen LogP contribution in [0.3, 0.4) is 0 Å². The Morgan fingerprint density at radius 1 is 1.13 bits per heavy atom. The van der Waals surface area contributed by atoms with Crippen LogP contribution in [0.4, 0.5) is 5.69 Å². The second-order valence-electron chi connectivity index (χ2n) is 6.55. The zero-order chi connectivity index (χ0) is 21.8. The number of carbonyl (C=O) groups is 3. The number of benzene rings is 2. The fraction of sp³-hybridized carbons (Fsp3) is 0.136. The van der Waals surface area contributed by atoms with E-state index in [0.29, 0.717) is 23.3 Å². The number of hydrogen-bond donors (Lipinski definition) is 1. The lowest BCUT2D eigenvalue weighted by Gasteiger charge is -2.13. The van der Waals surface area contributed by atoms with Crippen LogP contribution in [0.2, 0.25) is 5.02 Å². The van der Waals surface area contributed by atoms with Gasteiger partial charge in [-0.05, 0) is 67.4 Å². The molecule has 0 bridgehead atoms. The van der Waals surface area contributed by atoms with E-state index < -0.39 is 18.5 Å². The van der Waals surface area contributed by atoms with Gasteiger partial charge in [-0.25, -0.2) is 4.79 Å². The largest absolute Gasteiger partial charge is 0.453 e. The number of nitrogens with one attached hydrogen (secondary N) is 1. The first kappa shape index (κ1) is 21.8. The average Bonchev–Trinajstić information content (AvgIpc) is 3.18. The highest BCUT2D eigenvalue weighted by atomic mass is 79.9. The van der Waals surface area contributed by atoms with E-state index in [0.717, 1.165) is 15.6 Å². The van der Waals surface area contributed by atoms with Gasteiger partial charge in [0.05, 0.1) is 10.6 Å². The van der Waals surface area contributed by atoms with Crippen molar-refractivity contribution in [1.29, 1.82) is 0 Å². The van der Waals surface area contributed by atoms with Crippen molar-refractivity contribution in [2.24, 2.45) is 0 Å². The number of carbonyl (C=O) groups excluding carboxylic acids is 3. The third-order valence-corrected chi connectivity index (χ3v) is 5.10. The SMILES string of the molecule is Cc1cc(Br)cc(C)c1NC(=O)COC(=O)c1cc(-c2ccc(C=O)o2)ccc1Cl. The lowest BCUT2D eigenvalue weighted by atomic mass is 10.1. The maximum absolute atomic E-state index is 12.5. The van der Waals surface area contributed by atoms with Crippen LogP contribution < -0.4 is 5.32 Å². The molecular formula is C22H17BrClNO5. The minimum absolute atomic E-state index is 0.0852. The zero-order valence-corrected chi connectivity index (χ0v) is 18.5. The molecule has 6 nitrogen and oxygen atoms in total. The van der Waals surface area contributed by atoms with Crippen molar-refractivity contribution in [3.63, 3.8) is 0 Å². The summed E-state index contributed by atoms with van der Waals surface area (Å²) in [7, 11) is 0. The minimum atomic E-state index is -0.747. The third kappa shape index (κ3) is 4.98. The summed E-state index contributed by atoms with van der Waals surface area (Å²) in [6.45, 7) is 3.27. The van der Waals surface area contributed by atoms with E-state index in [2.05, 4.69) is 21.2 Å². The normalized spacial score (nSPS) is 10.5. The summed E-state index contributed by atoms with van der Waals surface area (Å²) in [5.74, 6) is -0.643. The first-order valence-electron chi connectivity index (χ1n) is 8.87. The molecule has 0 fully saturated rings. The Kier molecular flexibility index (Phi) is 6.74. The molecule has 0 saturated carbocycles. The van der Waals surface area contributed by atoms with Crippen LogP contribution in [0.25, 0.3) is 11.3 Å². The van der Waals surface area contributed by atoms with Gasteiger partial charge >= 0.3 is 5.97 Å². The van der Waals surface area contributed by atoms with Gasteiger partial charge in [-0.1, -0.05) is 27.5 Å². The molecule has 1 aromatic heterocycles. The van der Waals surface area contributed by atoms with Crippen molar-refractivity contribution < 1.29 is 23.5 Å². The van der Waals surface area contributed by atoms with Crippen LogP contribution in [0, 0.1) is 13.8 Å². The minimum Gasteiger partial charge on any atom is -0.453 e. The number of amides is 1. The van der Waals surface area contributed by atoms with E-state index >= 15 is 0 Å². The standard InChI is InChI=1S/C22H17BrClNO5/c1-12-7-15(23)8-13(2)21(12)25-20(27)11-29-22(28)17-9-14(3-5-18(17)24)19-6-4-16(10-26)30-19/h3-10H,11H2,1-2H3,(H,25,27). The second kappa shape index (κ2) is 9.28. The van der Waals surface area contributed by atoms with Gasteiger partial charge in [-0.3, -0.25) is 9.59 Å². The van der Waals surface area contributed by atoms with Crippen LogP contribution in [-0.2, 0) is 9.53 Å². The molecule has 0 radical (unpaired) electrons. The van der Waals surface area contributed by atoms with Gasteiger partial charge in [0.25, 0.3) is 5.91 Å². The third-order valence-electron chi connectivity index (χ3n) is 4.31. The molecule has 1 N–H and O–H groups in total. The molecule has 2 aromatic carbocycles. The molecule has 3 rings (SSSR count). The number of anilines is 1. The molecule has 8 heteroatoms. The number of hydrogen-bond acceptors (Lipinski definition) is 5. The molecule has 0 atom stereocenters. The molecule has 1 heterocycles. The van der Waals surface area contributed by atoms with E-state index in [1.54, 1.807) is 12.1 Å². The van der Waals surface area contributed by atoms with Gasteiger partial charge in [0, 0.05) is 15.7 Å². The molecule has 0 aliphatic rings. The molecule has 0 spiro atoms. The van der Waals surface area contributed by atoms with Crippen LogP contribution in [0.5, 0.6) is 0 Å². The van der Waals surface area contributed by atoms with Crippen molar-refractivity contribution in [2.45, 2.75) is 13.8 Å². The predicted molar refractivity (Wildman–Crippen MR) is 117 cm³/mol. The fourth-order valence-corrected chi connectivity index (χ4v) is 3.78. The van der Waals surface area contributed by atoms with Crippen molar-refractivity contribution in [1.82, 2.24) is 0 Å². The molecule has 0 aliphatic heterocycles. The van der Waals surface area contributed by atoms with E-state index in [1.165, 1.54) is 18.2 Å². The number of ether oxygens (including phenoxy) is 1. The van der Waals surface area contributed by atoms with E-state index in [1.807, 2.05) is 26.0 Å². The maximum Gasteiger partial charge on any atom is 0.340 e. The van der Waals surface area contributed by atoms with E-state index in [4.69, 9.17) is 20.8 Å². The molecule has 0 aliphatic carbocycles. The first-order chi connectivity index (χ1) is 14.3. The highest BCUT2D eigenvalue weighted by Gasteiger charge is 2.17. The van der Waals surface area contributed by atoms with E-state index in [9.17, 15) is 14.4 Å². The number of aldehydes is 1. The van der Waals surface area contributed by atoms with Gasteiger partial charge in [0.15, 0.2) is 18.7 Å². The van der Waals surface area contributed by atoms with Crippen molar-refractivity contribution in [3.05, 3.63) is 74.4 Å². The monoisotopic (exact) mass is 489 g/mol. The summed E-state index contributed by atoms with van der Waals surface area (Å²) in [6.07, 6.45) is 0.585. The summed E-state index contributed by atoms with van der Waals surface area (Å²) < 4.78 is 11.4. The van der Waals surface area contributed by atoms with Crippen molar-refractivity contribution in [3.8, 4) is 11.3 Å². The molecule has 1 amide bonds. The smallest absolute Gasteiger partial charge is 0.340 e. The van der Waals surface area contributed by atoms with Gasteiger partial charge in [-0.15, -0.1) is 0 Å². The van der Waals surface area contributed by atoms with Crippen LogP contribution in [0.1, 0.15) is 32.0 Å². The summed E-state index contributed by atoms with van der Waals surface area (Å²) in [4.78, 5) is 35.5. The molecule has 0 unspecified atom stereocenters. The Morgan fingerprint density at radius 2 is 1.83 bits per heavy atom. The quantitative estimate of drug-likeness (QED) is 0.360. The second-order valence-corrected chi connectivity index (χ2v) is 7.88. The zero-order valence-electron chi connectivity index (χ0n) is 16.1. The lowest BCUT2D eigenvalue weighted by molar-refractivity contribution is -0.119. The topological polar surface area (TPSA) is 85.6 Å². The van der Waals surface area contributed by atoms with Gasteiger partial charge in [-0.2, -0.15) is 0 Å². The Balaban J connectivity index is 1.69. The van der Waals surface area contributed by atoms with Crippen LogP contribution in [-0.4, -0.2) is 24.8 Å². The maximum atomic E-state index is 12.5. The van der Waals surface area contributed by atoms with E-state index in [-0.39, 0.29) is 16.3 Å². The summed E-state index contributed by atoms with van der Waals surface area (Å²) >= 11 is 9.53. The fourth-order valence-electron chi connectivity index (χ4n) is 2.90. The Bertz CT molecular complexity index is 1120. The van der Waals surface area contributed by atoms with Gasteiger partial charge in [0.2, 0.25) is 0 Å². The van der Waals surface area contributed by atoms with Crippen LogP contribution in [0.15, 0.2) is 51.4 Å². The Hall–Kier alpha value is -2.90.